The molecule has 10 heavy (non-hydrogen) atoms. The van der Waals surface area contributed by atoms with Crippen LogP contribution in [0.5, 0.6) is 0 Å². The molecule has 0 spiro atoms. The molecule has 3 nitrogen and oxygen atoms in total. The van der Waals surface area contributed by atoms with E-state index in [0.717, 1.165) is 6.42 Å². The van der Waals surface area contributed by atoms with Crippen molar-refractivity contribution >= 4 is 0 Å². The van der Waals surface area contributed by atoms with E-state index < -0.39 is 12.2 Å². The van der Waals surface area contributed by atoms with Gasteiger partial charge in [-0.25, -0.2) is 0 Å². The highest BCUT2D eigenvalue weighted by Gasteiger charge is 2.38. The van der Waals surface area contributed by atoms with Crippen molar-refractivity contribution in [2.45, 2.75) is 25.6 Å². The molecule has 0 aromatic heterocycles. The summed E-state index contributed by atoms with van der Waals surface area (Å²) < 4.78 is 0. The van der Waals surface area contributed by atoms with Crippen molar-refractivity contribution in [3.63, 3.8) is 0 Å². The summed E-state index contributed by atoms with van der Waals surface area (Å²) >= 11 is 0. The van der Waals surface area contributed by atoms with Crippen molar-refractivity contribution in [2.75, 3.05) is 6.61 Å². The van der Waals surface area contributed by atoms with Crippen molar-refractivity contribution in [3.05, 3.63) is 0 Å². The van der Waals surface area contributed by atoms with Crippen LogP contribution < -0.4 is 0 Å². The topological polar surface area (TPSA) is 60.7 Å². The summed E-state index contributed by atoms with van der Waals surface area (Å²) in [4.78, 5) is 0. The molecule has 0 amide bonds. The molecule has 1 saturated carbocycles. The fourth-order valence-electron chi connectivity index (χ4n) is 1.55. The third-order valence-corrected chi connectivity index (χ3v) is 2.32. The van der Waals surface area contributed by atoms with E-state index in [-0.39, 0.29) is 18.4 Å². The zero-order valence-corrected chi connectivity index (χ0v) is 6.07. The Morgan fingerprint density at radius 2 is 1.90 bits per heavy atom. The maximum Gasteiger partial charge on any atom is 0.0851 e. The number of hydrogen-bond acceptors (Lipinski definition) is 3. The first-order chi connectivity index (χ1) is 4.66. The highest BCUT2D eigenvalue weighted by atomic mass is 16.3. The standard InChI is InChI=1S/C7H14O3/c1-4-2-5(3-8)7(10)6(4)9/h4-10H,2-3H2,1H3/t4-,5-,6-,7-/m1/s1. The average molecular weight is 146 g/mol. The van der Waals surface area contributed by atoms with Gasteiger partial charge in [-0.15, -0.1) is 0 Å². The van der Waals surface area contributed by atoms with E-state index in [1.54, 1.807) is 0 Å². The SMILES string of the molecule is C[C@@H]1C[C@H](CO)[C@@H](O)[C@@H]1O. The molecule has 3 heteroatoms. The van der Waals surface area contributed by atoms with E-state index in [4.69, 9.17) is 5.11 Å². The molecule has 0 bridgehead atoms. The van der Waals surface area contributed by atoms with Gasteiger partial charge in [-0.3, -0.25) is 0 Å². The van der Waals surface area contributed by atoms with Crippen LogP contribution in [0.3, 0.4) is 0 Å². The molecule has 1 aliphatic rings. The first-order valence-corrected chi connectivity index (χ1v) is 3.63. The van der Waals surface area contributed by atoms with E-state index >= 15 is 0 Å². The Labute approximate surface area is 60.3 Å². The minimum Gasteiger partial charge on any atom is -0.396 e. The van der Waals surface area contributed by atoms with Crippen LogP contribution in [0, 0.1) is 11.8 Å². The van der Waals surface area contributed by atoms with Gasteiger partial charge in [0.1, 0.15) is 0 Å². The Morgan fingerprint density at radius 3 is 2.10 bits per heavy atom. The molecular formula is C7H14O3. The predicted octanol–water partition coefficient (Wildman–Crippen LogP) is -0.643. The quantitative estimate of drug-likeness (QED) is 0.461. The number of hydrogen-bond donors (Lipinski definition) is 3. The molecule has 4 atom stereocenters. The Hall–Kier alpha value is -0.120. The highest BCUT2D eigenvalue weighted by Crippen LogP contribution is 2.30. The van der Waals surface area contributed by atoms with Crippen LogP contribution in [0.4, 0.5) is 0 Å². The van der Waals surface area contributed by atoms with Crippen molar-refractivity contribution in [1.82, 2.24) is 0 Å². The molecule has 0 aromatic carbocycles. The Bertz CT molecular complexity index is 115. The summed E-state index contributed by atoms with van der Waals surface area (Å²) in [5.74, 6) is -0.00264. The smallest absolute Gasteiger partial charge is 0.0851 e. The van der Waals surface area contributed by atoms with Crippen molar-refractivity contribution in [2.24, 2.45) is 11.8 Å². The van der Waals surface area contributed by atoms with Crippen LogP contribution in [0.1, 0.15) is 13.3 Å². The van der Waals surface area contributed by atoms with E-state index in [1.807, 2.05) is 6.92 Å². The first-order valence-electron chi connectivity index (χ1n) is 3.63. The van der Waals surface area contributed by atoms with Gasteiger partial charge in [-0.2, -0.15) is 0 Å². The van der Waals surface area contributed by atoms with Gasteiger partial charge in [-0.1, -0.05) is 6.92 Å². The summed E-state index contributed by atoms with van der Waals surface area (Å²) in [6.07, 6.45) is -0.643. The van der Waals surface area contributed by atoms with Crippen LogP contribution in [-0.4, -0.2) is 34.1 Å². The zero-order chi connectivity index (χ0) is 7.72. The maximum atomic E-state index is 9.22. The number of aliphatic hydroxyl groups is 3. The normalized spacial score (nSPS) is 48.0. The molecule has 1 aliphatic carbocycles. The van der Waals surface area contributed by atoms with Crippen molar-refractivity contribution < 1.29 is 15.3 Å². The van der Waals surface area contributed by atoms with Gasteiger partial charge in [0, 0.05) is 12.5 Å². The van der Waals surface area contributed by atoms with E-state index in [9.17, 15) is 10.2 Å². The zero-order valence-electron chi connectivity index (χ0n) is 6.07. The lowest BCUT2D eigenvalue weighted by molar-refractivity contribution is -0.00366. The molecule has 1 fully saturated rings. The minimum absolute atomic E-state index is 0.0252. The van der Waals surface area contributed by atoms with Gasteiger partial charge in [0.15, 0.2) is 0 Å². The minimum atomic E-state index is -0.722. The van der Waals surface area contributed by atoms with Gasteiger partial charge in [0.2, 0.25) is 0 Å². The van der Waals surface area contributed by atoms with Gasteiger partial charge >= 0.3 is 0 Å². The van der Waals surface area contributed by atoms with Gasteiger partial charge in [-0.05, 0) is 12.3 Å². The average Bonchev–Trinajstić information content (AvgIpc) is 2.17. The second-order valence-corrected chi connectivity index (χ2v) is 3.14. The lowest BCUT2D eigenvalue weighted by atomic mass is 10.1. The summed E-state index contributed by atoms with van der Waals surface area (Å²) in [7, 11) is 0. The second kappa shape index (κ2) is 2.86. The van der Waals surface area contributed by atoms with Crippen molar-refractivity contribution in [3.8, 4) is 0 Å². The monoisotopic (exact) mass is 146 g/mol. The molecule has 0 saturated heterocycles. The largest absolute Gasteiger partial charge is 0.396 e. The molecule has 0 unspecified atom stereocenters. The molecular weight excluding hydrogens is 132 g/mol. The Balaban J connectivity index is 2.53. The molecule has 0 aliphatic heterocycles. The third kappa shape index (κ3) is 1.17. The van der Waals surface area contributed by atoms with E-state index in [0.29, 0.717) is 0 Å². The van der Waals surface area contributed by atoms with Crippen LogP contribution >= 0.6 is 0 Å². The second-order valence-electron chi connectivity index (χ2n) is 3.14. The highest BCUT2D eigenvalue weighted by molar-refractivity contribution is 4.88. The van der Waals surface area contributed by atoms with E-state index in [2.05, 4.69) is 0 Å². The van der Waals surface area contributed by atoms with Crippen LogP contribution in [0.15, 0.2) is 0 Å². The summed E-state index contributed by atoms with van der Waals surface area (Å²) in [6.45, 7) is 1.85. The lowest BCUT2D eigenvalue weighted by Gasteiger charge is -2.13. The fourth-order valence-corrected chi connectivity index (χ4v) is 1.55. The molecule has 0 aromatic rings. The Kier molecular flexibility index (Phi) is 2.28. The summed E-state index contributed by atoms with van der Waals surface area (Å²) in [5.41, 5.74) is 0. The molecule has 3 N–H and O–H groups in total. The van der Waals surface area contributed by atoms with Crippen LogP contribution in [0.2, 0.25) is 0 Å². The molecule has 0 radical (unpaired) electrons. The summed E-state index contributed by atoms with van der Waals surface area (Å²) in [5, 5.41) is 27.1. The third-order valence-electron chi connectivity index (χ3n) is 2.32. The van der Waals surface area contributed by atoms with E-state index in [1.165, 1.54) is 0 Å². The number of rotatable bonds is 1. The maximum absolute atomic E-state index is 9.22. The Morgan fingerprint density at radius 1 is 1.30 bits per heavy atom. The van der Waals surface area contributed by atoms with Crippen molar-refractivity contribution in [1.29, 1.82) is 0 Å². The summed E-state index contributed by atoms with van der Waals surface area (Å²) in [6, 6.07) is 0. The first kappa shape index (κ1) is 7.98. The lowest BCUT2D eigenvalue weighted by Crippen LogP contribution is -2.28. The molecule has 0 heterocycles. The van der Waals surface area contributed by atoms with Crippen LogP contribution in [-0.2, 0) is 0 Å². The number of aliphatic hydroxyl groups excluding tert-OH is 3. The molecule has 1 rings (SSSR count). The fraction of sp³-hybridized carbons (Fsp3) is 1.00. The van der Waals surface area contributed by atoms with Gasteiger partial charge < -0.3 is 15.3 Å². The van der Waals surface area contributed by atoms with Gasteiger partial charge in [0.25, 0.3) is 0 Å². The van der Waals surface area contributed by atoms with Crippen LogP contribution in [0.25, 0.3) is 0 Å². The molecule has 60 valence electrons. The van der Waals surface area contributed by atoms with Gasteiger partial charge in [0.05, 0.1) is 12.2 Å². The predicted molar refractivity (Wildman–Crippen MR) is 36.4 cm³/mol.